The molecule has 0 amide bonds. The summed E-state index contributed by atoms with van der Waals surface area (Å²) >= 11 is 1.82. The Morgan fingerprint density at radius 3 is 2.65 bits per heavy atom. The maximum Gasteiger partial charge on any atom is 0.216 e. The molecule has 3 saturated carbocycles. The number of hydrogen-bond acceptors (Lipinski definition) is 4. The zero-order valence-electron chi connectivity index (χ0n) is 22.3. The van der Waals surface area contributed by atoms with Gasteiger partial charge in [-0.1, -0.05) is 77.3 Å². The van der Waals surface area contributed by atoms with Gasteiger partial charge in [0.25, 0.3) is 0 Å². The largest absolute Gasteiger partial charge is 0.368 e. The van der Waals surface area contributed by atoms with Gasteiger partial charge in [-0.15, -0.1) is 5.10 Å². The number of nitrogen functional groups attached to an aromatic ring is 1. The molecule has 4 nitrogen and oxygen atoms in total. The number of rotatable bonds is 7. The molecule has 5 heteroatoms. The lowest BCUT2D eigenvalue weighted by atomic mass is 9.47. The number of aromatic nitrogens is 3. The van der Waals surface area contributed by atoms with E-state index in [-0.39, 0.29) is 0 Å². The number of thioether (sulfide) groups is 1. The zero-order chi connectivity index (χ0) is 24.1. The lowest BCUT2D eigenvalue weighted by molar-refractivity contribution is -0.0497. The van der Waals surface area contributed by atoms with Crippen molar-refractivity contribution < 1.29 is 0 Å². The van der Waals surface area contributed by atoms with Crippen LogP contribution < -0.4 is 5.73 Å². The number of nitrogens with zero attached hydrogens (tertiary/aromatic N) is 2. The van der Waals surface area contributed by atoms with Crippen LogP contribution in [0.2, 0.25) is 0 Å². The molecule has 0 aromatic carbocycles. The number of allylic oxidation sites excluding steroid dienone is 2. The molecule has 1 heterocycles. The Hall–Kier alpha value is -0.970. The molecular formula is C29H48N4S. The third-order valence-corrected chi connectivity index (χ3v) is 12.1. The topological polar surface area (TPSA) is 67.6 Å². The first-order chi connectivity index (χ1) is 16.2. The van der Waals surface area contributed by atoms with Crippen molar-refractivity contribution in [3.63, 3.8) is 0 Å². The van der Waals surface area contributed by atoms with Gasteiger partial charge >= 0.3 is 0 Å². The van der Waals surface area contributed by atoms with Crippen LogP contribution in [-0.2, 0) is 0 Å². The van der Waals surface area contributed by atoms with Crippen LogP contribution in [0.1, 0.15) is 105 Å². The molecule has 1 aromatic rings. The summed E-state index contributed by atoms with van der Waals surface area (Å²) in [6.07, 6.45) is 18.0. The first-order valence-corrected chi connectivity index (χ1v) is 15.1. The summed E-state index contributed by atoms with van der Waals surface area (Å²) in [5.74, 6) is 5.88. The Balaban J connectivity index is 1.27. The summed E-state index contributed by atoms with van der Waals surface area (Å²) in [7, 11) is 0. The fraction of sp³-hybridized carbons (Fsp3) is 0.862. The van der Waals surface area contributed by atoms with Crippen molar-refractivity contribution in [1.29, 1.82) is 0 Å². The summed E-state index contributed by atoms with van der Waals surface area (Å²) in [5.41, 5.74) is 8.50. The predicted octanol–water partition coefficient (Wildman–Crippen LogP) is 7.89. The third-order valence-electron chi connectivity index (χ3n) is 11.0. The van der Waals surface area contributed by atoms with Gasteiger partial charge in [-0.3, -0.25) is 0 Å². The molecule has 0 unspecified atom stereocenters. The lowest BCUT2D eigenvalue weighted by Gasteiger charge is -2.58. The highest BCUT2D eigenvalue weighted by Gasteiger charge is 2.59. The quantitative estimate of drug-likeness (QED) is 0.386. The third kappa shape index (κ3) is 4.37. The molecule has 0 saturated heterocycles. The summed E-state index contributed by atoms with van der Waals surface area (Å²) in [6.45, 7) is 12.7. The molecule has 8 atom stereocenters. The number of nitrogens with two attached hydrogens (primary N) is 1. The van der Waals surface area contributed by atoms with E-state index in [1.165, 1.54) is 70.6 Å². The maximum atomic E-state index is 5.75. The van der Waals surface area contributed by atoms with E-state index < -0.39 is 0 Å². The van der Waals surface area contributed by atoms with Gasteiger partial charge in [0.15, 0.2) is 0 Å². The number of H-pyrrole nitrogens is 1. The molecule has 1 aromatic heterocycles. The summed E-state index contributed by atoms with van der Waals surface area (Å²) in [4.78, 5) is 4.34. The Bertz CT molecular complexity index is 892. The van der Waals surface area contributed by atoms with E-state index in [1.54, 1.807) is 5.57 Å². The van der Waals surface area contributed by atoms with Crippen LogP contribution in [0.3, 0.4) is 0 Å². The van der Waals surface area contributed by atoms with Gasteiger partial charge in [0, 0.05) is 5.25 Å². The molecule has 0 aliphatic heterocycles. The van der Waals surface area contributed by atoms with E-state index in [1.807, 2.05) is 11.8 Å². The number of aromatic amines is 1. The van der Waals surface area contributed by atoms with Gasteiger partial charge in [0.1, 0.15) is 0 Å². The van der Waals surface area contributed by atoms with Crippen molar-refractivity contribution >= 4 is 17.7 Å². The van der Waals surface area contributed by atoms with Crippen LogP contribution in [-0.4, -0.2) is 20.4 Å². The molecule has 5 rings (SSSR count). The normalized spacial score (nSPS) is 40.4. The summed E-state index contributed by atoms with van der Waals surface area (Å²) < 4.78 is 0. The molecule has 0 spiro atoms. The fourth-order valence-electron chi connectivity index (χ4n) is 9.21. The summed E-state index contributed by atoms with van der Waals surface area (Å²) in [6, 6.07) is 0. The highest BCUT2D eigenvalue weighted by atomic mass is 32.2. The number of anilines is 1. The molecule has 190 valence electrons. The van der Waals surface area contributed by atoms with E-state index in [0.29, 0.717) is 22.0 Å². The van der Waals surface area contributed by atoms with Crippen LogP contribution in [0.15, 0.2) is 16.8 Å². The van der Waals surface area contributed by atoms with Gasteiger partial charge in [0.05, 0.1) is 0 Å². The van der Waals surface area contributed by atoms with Crippen LogP contribution in [0, 0.1) is 46.3 Å². The summed E-state index contributed by atoms with van der Waals surface area (Å²) in [5, 5.41) is 8.46. The molecule has 0 radical (unpaired) electrons. The van der Waals surface area contributed by atoms with Crippen LogP contribution in [0.25, 0.3) is 0 Å². The minimum atomic E-state index is 0.417. The Kier molecular flexibility index (Phi) is 6.89. The highest BCUT2D eigenvalue weighted by molar-refractivity contribution is 7.99. The number of fused-ring (bicyclic) bond motifs is 5. The van der Waals surface area contributed by atoms with Crippen molar-refractivity contribution in [2.45, 2.75) is 116 Å². The first-order valence-electron chi connectivity index (χ1n) is 14.2. The van der Waals surface area contributed by atoms with Gasteiger partial charge in [-0.25, -0.2) is 5.10 Å². The molecule has 3 N–H and O–H groups in total. The van der Waals surface area contributed by atoms with E-state index in [2.05, 4.69) is 55.9 Å². The maximum absolute atomic E-state index is 5.75. The Morgan fingerprint density at radius 1 is 1.09 bits per heavy atom. The fourth-order valence-corrected chi connectivity index (χ4v) is 10.3. The van der Waals surface area contributed by atoms with E-state index in [9.17, 15) is 0 Å². The van der Waals surface area contributed by atoms with E-state index in [4.69, 9.17) is 5.73 Å². The molecule has 0 bridgehead atoms. The lowest BCUT2D eigenvalue weighted by Crippen LogP contribution is -2.50. The molecule has 4 aliphatic rings. The predicted molar refractivity (Wildman–Crippen MR) is 143 cm³/mol. The SMILES string of the molecule is CC(C)CCC[C@@H](C)[C@H]1CC[C@H]2[C@@H]3CC=C4C[C@H](Sc5n[nH]c(N)n5)CC[C@]4(C)[C@H]3CC[C@]12C. The van der Waals surface area contributed by atoms with Crippen LogP contribution in [0.5, 0.6) is 0 Å². The van der Waals surface area contributed by atoms with Crippen molar-refractivity contribution in [3.05, 3.63) is 11.6 Å². The number of hydrogen-bond donors (Lipinski definition) is 2. The first kappa shape index (κ1) is 24.7. The van der Waals surface area contributed by atoms with Gasteiger partial charge in [0.2, 0.25) is 11.1 Å². The molecule has 3 fully saturated rings. The van der Waals surface area contributed by atoms with Gasteiger partial charge in [-0.05, 0) is 97.7 Å². The van der Waals surface area contributed by atoms with Crippen LogP contribution in [0.4, 0.5) is 5.95 Å². The standard InChI is InChI=1S/C29H48N4S/c1-18(2)7-6-8-19(3)23-11-12-24-22-10-9-20-17-21(34-27-31-26(30)32-33-27)13-15-28(20,4)25(22)14-16-29(23,24)5/h9,18-19,21-25H,6-8,10-17H2,1-5H3,(H3,30,31,32,33)/t19-,21-,22+,23-,24+,25+,28+,29-/m1/s1. The van der Waals surface area contributed by atoms with Crippen LogP contribution >= 0.6 is 11.8 Å². The van der Waals surface area contributed by atoms with Crippen molar-refractivity contribution in [1.82, 2.24) is 15.2 Å². The second kappa shape index (κ2) is 9.48. The average molecular weight is 485 g/mol. The molecular weight excluding hydrogens is 436 g/mol. The monoisotopic (exact) mass is 484 g/mol. The van der Waals surface area contributed by atoms with E-state index in [0.717, 1.165) is 40.7 Å². The van der Waals surface area contributed by atoms with Crippen molar-refractivity contribution in [3.8, 4) is 0 Å². The Labute approximate surface area is 212 Å². The molecule has 4 aliphatic carbocycles. The zero-order valence-corrected chi connectivity index (χ0v) is 23.1. The highest BCUT2D eigenvalue weighted by Crippen LogP contribution is 2.67. The second-order valence-electron chi connectivity index (χ2n) is 13.3. The second-order valence-corrected chi connectivity index (χ2v) is 14.5. The van der Waals surface area contributed by atoms with E-state index >= 15 is 0 Å². The van der Waals surface area contributed by atoms with Gasteiger partial charge < -0.3 is 5.73 Å². The number of nitrogens with one attached hydrogen (secondary N) is 1. The Morgan fingerprint density at radius 2 is 1.91 bits per heavy atom. The van der Waals surface area contributed by atoms with Gasteiger partial charge in [-0.2, -0.15) is 4.98 Å². The van der Waals surface area contributed by atoms with Crippen molar-refractivity contribution in [2.75, 3.05) is 5.73 Å². The smallest absolute Gasteiger partial charge is 0.216 e. The minimum Gasteiger partial charge on any atom is -0.368 e. The average Bonchev–Trinajstić information content (AvgIpc) is 3.35. The van der Waals surface area contributed by atoms with Crippen molar-refractivity contribution in [2.24, 2.45) is 46.3 Å². The minimum absolute atomic E-state index is 0.417. The molecule has 34 heavy (non-hydrogen) atoms.